The number of para-hydroxylation sites is 2. The van der Waals surface area contributed by atoms with Gasteiger partial charge in [-0.05, 0) is 24.3 Å². The highest BCUT2D eigenvalue weighted by Crippen LogP contribution is 2.30. The number of non-ortho nitro benzene ring substituents is 1. The van der Waals surface area contributed by atoms with Gasteiger partial charge in [-0.2, -0.15) is 0 Å². The summed E-state index contributed by atoms with van der Waals surface area (Å²) in [6, 6.07) is 13.5. The van der Waals surface area contributed by atoms with Gasteiger partial charge in [0, 0.05) is 44.0 Å². The van der Waals surface area contributed by atoms with Crippen molar-refractivity contribution in [2.45, 2.75) is 12.5 Å². The summed E-state index contributed by atoms with van der Waals surface area (Å²) in [4.78, 5) is 39.0. The monoisotopic (exact) mass is 396 g/mol. The lowest BCUT2D eigenvalue weighted by Crippen LogP contribution is -2.50. The number of hydrogen-bond acceptors (Lipinski definition) is 6. The van der Waals surface area contributed by atoms with Crippen LogP contribution in [0.3, 0.4) is 0 Å². The van der Waals surface area contributed by atoms with E-state index in [0.29, 0.717) is 37.6 Å². The molecule has 2 aliphatic heterocycles. The van der Waals surface area contributed by atoms with Crippen LogP contribution in [0.2, 0.25) is 0 Å². The first kappa shape index (κ1) is 18.7. The second-order valence-electron chi connectivity index (χ2n) is 6.94. The molecule has 0 aromatic heterocycles. The van der Waals surface area contributed by atoms with Crippen LogP contribution in [0.25, 0.3) is 0 Å². The molecule has 2 aliphatic rings. The van der Waals surface area contributed by atoms with Crippen LogP contribution in [-0.4, -0.2) is 53.9 Å². The van der Waals surface area contributed by atoms with Crippen molar-refractivity contribution in [1.29, 1.82) is 0 Å². The van der Waals surface area contributed by atoms with Gasteiger partial charge in [-0.15, -0.1) is 0 Å². The lowest BCUT2D eigenvalue weighted by Gasteiger charge is -2.36. The number of anilines is 2. The number of carbonyl (C=O) groups is 2. The van der Waals surface area contributed by atoms with Crippen LogP contribution in [-0.2, 0) is 9.59 Å². The average Bonchev–Trinajstić information content (AvgIpc) is 2.74. The van der Waals surface area contributed by atoms with E-state index in [9.17, 15) is 19.7 Å². The highest BCUT2D eigenvalue weighted by molar-refractivity contribution is 5.99. The first-order valence-electron chi connectivity index (χ1n) is 9.35. The van der Waals surface area contributed by atoms with Crippen LogP contribution in [0.1, 0.15) is 6.42 Å². The van der Waals surface area contributed by atoms with Gasteiger partial charge < -0.3 is 19.9 Å². The summed E-state index contributed by atoms with van der Waals surface area (Å²) in [6.45, 7) is 2.26. The van der Waals surface area contributed by atoms with E-state index in [1.807, 2.05) is 6.07 Å². The highest BCUT2D eigenvalue weighted by Gasteiger charge is 2.32. The summed E-state index contributed by atoms with van der Waals surface area (Å²) in [5, 5.41) is 13.5. The zero-order chi connectivity index (χ0) is 20.4. The van der Waals surface area contributed by atoms with Crippen molar-refractivity contribution in [3.8, 4) is 5.75 Å². The molecule has 0 radical (unpaired) electrons. The standard InChI is InChI=1S/C20H20N4O5/c25-19(13-18-20(26)21-16-3-1-2-4-17(16)29-18)23-11-9-22(10-12-23)14-5-7-15(8-6-14)24(27)28/h1-8,18H,9-13H2,(H,21,26)/t18-/m1/s1. The Labute approximate surface area is 167 Å². The smallest absolute Gasteiger partial charge is 0.269 e. The summed E-state index contributed by atoms with van der Waals surface area (Å²) in [5.41, 5.74) is 1.54. The number of hydrogen-bond donors (Lipinski definition) is 1. The van der Waals surface area contributed by atoms with Gasteiger partial charge in [-0.1, -0.05) is 12.1 Å². The summed E-state index contributed by atoms with van der Waals surface area (Å²) < 4.78 is 5.70. The summed E-state index contributed by atoms with van der Waals surface area (Å²) >= 11 is 0. The number of nitrogens with one attached hydrogen (secondary N) is 1. The first-order chi connectivity index (χ1) is 14.0. The molecule has 9 heteroatoms. The zero-order valence-electron chi connectivity index (χ0n) is 15.6. The van der Waals surface area contributed by atoms with E-state index >= 15 is 0 Å². The zero-order valence-corrected chi connectivity index (χ0v) is 15.6. The van der Waals surface area contributed by atoms with Crippen molar-refractivity contribution in [1.82, 2.24) is 4.90 Å². The number of fused-ring (bicyclic) bond motifs is 1. The van der Waals surface area contributed by atoms with Gasteiger partial charge in [0.15, 0.2) is 6.10 Å². The Bertz CT molecular complexity index is 938. The van der Waals surface area contributed by atoms with Gasteiger partial charge in [-0.3, -0.25) is 19.7 Å². The third-order valence-electron chi connectivity index (χ3n) is 5.12. The van der Waals surface area contributed by atoms with E-state index < -0.39 is 11.0 Å². The van der Waals surface area contributed by atoms with E-state index in [0.717, 1.165) is 5.69 Å². The number of nitro groups is 1. The van der Waals surface area contributed by atoms with Crippen molar-refractivity contribution in [3.63, 3.8) is 0 Å². The molecule has 0 unspecified atom stereocenters. The number of amides is 2. The molecule has 1 fully saturated rings. The minimum Gasteiger partial charge on any atom is -0.478 e. The Morgan fingerprint density at radius 3 is 2.48 bits per heavy atom. The van der Waals surface area contributed by atoms with E-state index in [1.54, 1.807) is 35.2 Å². The number of ether oxygens (including phenoxy) is 1. The van der Waals surface area contributed by atoms with Crippen LogP contribution >= 0.6 is 0 Å². The van der Waals surface area contributed by atoms with Crippen LogP contribution < -0.4 is 15.0 Å². The highest BCUT2D eigenvalue weighted by atomic mass is 16.6. The number of nitrogens with zero attached hydrogens (tertiary/aromatic N) is 3. The largest absolute Gasteiger partial charge is 0.478 e. The normalized spacial score (nSPS) is 18.5. The second kappa shape index (κ2) is 7.78. The van der Waals surface area contributed by atoms with Crippen molar-refractivity contribution >= 4 is 28.9 Å². The molecule has 1 atom stereocenters. The molecular weight excluding hydrogens is 376 g/mol. The minimum absolute atomic E-state index is 0.0162. The summed E-state index contributed by atoms with van der Waals surface area (Å²) in [7, 11) is 0. The molecular formula is C20H20N4O5. The fourth-order valence-electron chi connectivity index (χ4n) is 3.51. The number of rotatable bonds is 4. The molecule has 2 amide bonds. The number of benzene rings is 2. The Kier molecular flexibility index (Phi) is 5.03. The maximum absolute atomic E-state index is 12.7. The predicted octanol–water partition coefficient (Wildman–Crippen LogP) is 2.03. The maximum atomic E-state index is 12.7. The average molecular weight is 396 g/mol. The third-order valence-corrected chi connectivity index (χ3v) is 5.12. The van der Waals surface area contributed by atoms with Gasteiger partial charge in [0.05, 0.1) is 17.0 Å². The van der Waals surface area contributed by atoms with Gasteiger partial charge >= 0.3 is 0 Å². The van der Waals surface area contributed by atoms with Crippen molar-refractivity contribution in [2.24, 2.45) is 0 Å². The number of piperazine rings is 1. The molecule has 4 rings (SSSR count). The second-order valence-corrected chi connectivity index (χ2v) is 6.94. The Morgan fingerprint density at radius 1 is 1.10 bits per heavy atom. The first-order valence-corrected chi connectivity index (χ1v) is 9.35. The fourth-order valence-corrected chi connectivity index (χ4v) is 3.51. The lowest BCUT2D eigenvalue weighted by molar-refractivity contribution is -0.384. The van der Waals surface area contributed by atoms with Gasteiger partial charge in [-0.25, -0.2) is 0 Å². The maximum Gasteiger partial charge on any atom is 0.269 e. The fraction of sp³-hybridized carbons (Fsp3) is 0.300. The summed E-state index contributed by atoms with van der Waals surface area (Å²) in [6.07, 6.45) is -0.859. The van der Waals surface area contributed by atoms with E-state index in [4.69, 9.17) is 4.74 Å². The summed E-state index contributed by atoms with van der Waals surface area (Å²) in [5.74, 6) is 0.113. The number of nitro benzene ring substituents is 1. The van der Waals surface area contributed by atoms with Crippen molar-refractivity contribution in [2.75, 3.05) is 36.4 Å². The molecule has 29 heavy (non-hydrogen) atoms. The molecule has 0 aliphatic carbocycles. The van der Waals surface area contributed by atoms with E-state index in [-0.39, 0.29) is 23.9 Å². The van der Waals surface area contributed by atoms with Crippen molar-refractivity contribution < 1.29 is 19.2 Å². The topological polar surface area (TPSA) is 105 Å². The molecule has 1 N–H and O–H groups in total. The molecule has 2 aromatic rings. The molecule has 2 heterocycles. The molecule has 2 aromatic carbocycles. The van der Waals surface area contributed by atoms with Crippen LogP contribution in [0.5, 0.6) is 5.75 Å². The molecule has 1 saturated heterocycles. The van der Waals surface area contributed by atoms with Crippen LogP contribution in [0.4, 0.5) is 17.1 Å². The SMILES string of the molecule is O=C1Nc2ccccc2O[C@@H]1CC(=O)N1CCN(c2ccc([N+](=O)[O-])cc2)CC1. The number of carbonyl (C=O) groups excluding carboxylic acids is 2. The van der Waals surface area contributed by atoms with E-state index in [1.165, 1.54) is 12.1 Å². The molecule has 9 nitrogen and oxygen atoms in total. The van der Waals surface area contributed by atoms with E-state index in [2.05, 4.69) is 10.2 Å². The van der Waals surface area contributed by atoms with Gasteiger partial charge in [0.25, 0.3) is 11.6 Å². The van der Waals surface area contributed by atoms with Crippen LogP contribution in [0, 0.1) is 10.1 Å². The molecule has 0 bridgehead atoms. The lowest BCUT2D eigenvalue weighted by atomic mass is 10.1. The van der Waals surface area contributed by atoms with Gasteiger partial charge in [0.1, 0.15) is 5.75 Å². The van der Waals surface area contributed by atoms with Crippen LogP contribution in [0.15, 0.2) is 48.5 Å². The Morgan fingerprint density at radius 2 is 1.79 bits per heavy atom. The molecule has 0 saturated carbocycles. The quantitative estimate of drug-likeness (QED) is 0.626. The molecule has 0 spiro atoms. The third kappa shape index (κ3) is 3.98. The molecule has 150 valence electrons. The van der Waals surface area contributed by atoms with Gasteiger partial charge in [0.2, 0.25) is 5.91 Å². The Balaban J connectivity index is 1.32. The predicted molar refractivity (Wildman–Crippen MR) is 106 cm³/mol. The van der Waals surface area contributed by atoms with Crippen molar-refractivity contribution in [3.05, 3.63) is 58.6 Å². The Hall–Kier alpha value is -3.62. The minimum atomic E-state index is -0.842.